The van der Waals surface area contributed by atoms with Crippen molar-refractivity contribution < 1.29 is 9.53 Å². The van der Waals surface area contributed by atoms with Crippen molar-refractivity contribution in [2.24, 2.45) is 0 Å². The normalized spacial score (nSPS) is 12.1. The summed E-state index contributed by atoms with van der Waals surface area (Å²) in [4.78, 5) is 17.6. The van der Waals surface area contributed by atoms with Gasteiger partial charge in [-0.25, -0.2) is 4.98 Å². The van der Waals surface area contributed by atoms with Crippen LogP contribution in [0.25, 0.3) is 16.9 Å². The Bertz CT molecular complexity index is 1090. The largest absolute Gasteiger partial charge is 0.468 e. The van der Waals surface area contributed by atoms with E-state index in [1.807, 2.05) is 71.3 Å². The molecule has 2 aromatic carbocycles. The SMILES string of the molecule is COC(=O)C(c1ccccc1)c1c(-c2ccccc2)nc2cc(Cl)ccn12. The molecule has 4 aromatic rings. The molecule has 0 saturated heterocycles. The Kier molecular flexibility index (Phi) is 4.65. The van der Waals surface area contributed by atoms with Gasteiger partial charge in [-0.3, -0.25) is 4.79 Å². The molecule has 0 spiro atoms. The standard InChI is InChI=1S/C22H17ClN2O2/c1-27-22(26)19(15-8-4-2-5-9-15)21-20(16-10-6-3-7-11-16)24-18-14-17(23)12-13-25(18)21/h2-14,19H,1H3. The number of halogens is 1. The van der Waals surface area contributed by atoms with Gasteiger partial charge >= 0.3 is 5.97 Å². The van der Waals surface area contributed by atoms with Crippen molar-refractivity contribution in [3.63, 3.8) is 0 Å². The van der Waals surface area contributed by atoms with Crippen LogP contribution in [-0.4, -0.2) is 22.5 Å². The maximum absolute atomic E-state index is 12.8. The summed E-state index contributed by atoms with van der Waals surface area (Å²) in [6.45, 7) is 0. The maximum Gasteiger partial charge on any atom is 0.319 e. The van der Waals surface area contributed by atoms with Gasteiger partial charge in [0.25, 0.3) is 0 Å². The fraction of sp³-hybridized carbons (Fsp3) is 0.0909. The molecule has 2 aromatic heterocycles. The Balaban J connectivity index is 2.04. The highest BCUT2D eigenvalue weighted by Crippen LogP contribution is 2.35. The van der Waals surface area contributed by atoms with E-state index in [0.717, 1.165) is 22.5 Å². The number of fused-ring (bicyclic) bond motifs is 1. The minimum absolute atomic E-state index is 0.338. The molecule has 4 nitrogen and oxygen atoms in total. The summed E-state index contributed by atoms with van der Waals surface area (Å²) in [6, 6.07) is 23.0. The van der Waals surface area contributed by atoms with Crippen molar-refractivity contribution in [3.05, 3.63) is 95.3 Å². The van der Waals surface area contributed by atoms with Crippen LogP contribution in [0, 0.1) is 0 Å². The lowest BCUT2D eigenvalue weighted by Crippen LogP contribution is -2.18. The van der Waals surface area contributed by atoms with Crippen LogP contribution in [0.3, 0.4) is 0 Å². The van der Waals surface area contributed by atoms with E-state index >= 15 is 0 Å². The molecule has 27 heavy (non-hydrogen) atoms. The summed E-state index contributed by atoms with van der Waals surface area (Å²) in [7, 11) is 1.40. The van der Waals surface area contributed by atoms with E-state index in [4.69, 9.17) is 21.3 Å². The fourth-order valence-electron chi connectivity index (χ4n) is 3.29. The molecule has 1 atom stereocenters. The highest BCUT2D eigenvalue weighted by molar-refractivity contribution is 6.30. The van der Waals surface area contributed by atoms with Crippen LogP contribution in [0.15, 0.2) is 79.0 Å². The van der Waals surface area contributed by atoms with Gasteiger partial charge in [-0.1, -0.05) is 72.3 Å². The van der Waals surface area contributed by atoms with E-state index in [1.165, 1.54) is 7.11 Å². The molecule has 0 saturated carbocycles. The summed E-state index contributed by atoms with van der Waals surface area (Å²) in [6.07, 6.45) is 1.84. The smallest absolute Gasteiger partial charge is 0.319 e. The second-order valence-corrected chi connectivity index (χ2v) is 6.59. The number of aromatic nitrogens is 2. The van der Waals surface area contributed by atoms with Gasteiger partial charge in [0, 0.05) is 22.8 Å². The lowest BCUT2D eigenvalue weighted by Gasteiger charge is -2.17. The fourth-order valence-corrected chi connectivity index (χ4v) is 3.45. The zero-order valence-electron chi connectivity index (χ0n) is 14.7. The van der Waals surface area contributed by atoms with Crippen LogP contribution in [0.5, 0.6) is 0 Å². The van der Waals surface area contributed by atoms with Gasteiger partial charge in [0.1, 0.15) is 11.6 Å². The van der Waals surface area contributed by atoms with Crippen molar-refractivity contribution in [2.45, 2.75) is 5.92 Å². The average Bonchev–Trinajstić information content (AvgIpc) is 3.08. The topological polar surface area (TPSA) is 43.6 Å². The number of benzene rings is 2. The van der Waals surface area contributed by atoms with Crippen molar-refractivity contribution in [1.82, 2.24) is 9.38 Å². The number of hydrogen-bond donors (Lipinski definition) is 0. The minimum atomic E-state index is -0.609. The van der Waals surface area contributed by atoms with Crippen LogP contribution in [0.2, 0.25) is 5.02 Å². The Morgan fingerprint density at radius 3 is 2.37 bits per heavy atom. The van der Waals surface area contributed by atoms with Crippen molar-refractivity contribution in [2.75, 3.05) is 7.11 Å². The zero-order chi connectivity index (χ0) is 18.8. The first kappa shape index (κ1) is 17.3. The van der Waals surface area contributed by atoms with Gasteiger partial charge in [-0.15, -0.1) is 0 Å². The highest BCUT2D eigenvalue weighted by atomic mass is 35.5. The van der Waals surface area contributed by atoms with Crippen LogP contribution in [0.4, 0.5) is 0 Å². The summed E-state index contributed by atoms with van der Waals surface area (Å²) in [5.41, 5.74) is 3.94. The molecule has 0 radical (unpaired) electrons. The van der Waals surface area contributed by atoms with Crippen molar-refractivity contribution in [3.8, 4) is 11.3 Å². The third kappa shape index (κ3) is 3.20. The van der Waals surface area contributed by atoms with Gasteiger partial charge in [-0.2, -0.15) is 0 Å². The number of carbonyl (C=O) groups is 1. The Morgan fingerprint density at radius 1 is 1.04 bits per heavy atom. The number of esters is 1. The number of ether oxygens (including phenoxy) is 1. The van der Waals surface area contributed by atoms with E-state index in [-0.39, 0.29) is 5.97 Å². The molecular formula is C22H17ClN2O2. The third-order valence-electron chi connectivity index (χ3n) is 4.52. The summed E-state index contributed by atoms with van der Waals surface area (Å²) < 4.78 is 7.05. The van der Waals surface area contributed by atoms with E-state index in [0.29, 0.717) is 10.7 Å². The first-order chi connectivity index (χ1) is 13.2. The Morgan fingerprint density at radius 2 is 1.70 bits per heavy atom. The van der Waals surface area contributed by atoms with E-state index in [2.05, 4.69) is 0 Å². The van der Waals surface area contributed by atoms with Gasteiger partial charge in [0.2, 0.25) is 0 Å². The lowest BCUT2D eigenvalue weighted by atomic mass is 9.92. The Labute approximate surface area is 162 Å². The molecule has 5 heteroatoms. The molecule has 0 bridgehead atoms. The molecule has 0 aliphatic heterocycles. The molecule has 0 amide bonds. The molecule has 0 aliphatic rings. The predicted molar refractivity (Wildman–Crippen MR) is 106 cm³/mol. The van der Waals surface area contributed by atoms with Crippen LogP contribution in [-0.2, 0) is 9.53 Å². The van der Waals surface area contributed by atoms with E-state index in [1.54, 1.807) is 12.1 Å². The predicted octanol–water partition coefficient (Wildman–Crippen LogP) is 4.96. The lowest BCUT2D eigenvalue weighted by molar-refractivity contribution is -0.141. The summed E-state index contributed by atoms with van der Waals surface area (Å²) in [5.74, 6) is -0.947. The summed E-state index contributed by atoms with van der Waals surface area (Å²) in [5, 5.41) is 0.591. The van der Waals surface area contributed by atoms with Crippen LogP contribution in [0.1, 0.15) is 17.2 Å². The minimum Gasteiger partial charge on any atom is -0.468 e. The first-order valence-electron chi connectivity index (χ1n) is 8.54. The van der Waals surface area contributed by atoms with Gasteiger partial charge in [-0.05, 0) is 11.6 Å². The van der Waals surface area contributed by atoms with E-state index in [9.17, 15) is 4.79 Å². The molecule has 0 aliphatic carbocycles. The average molecular weight is 377 g/mol. The second-order valence-electron chi connectivity index (χ2n) is 6.15. The number of nitrogens with zero attached hydrogens (tertiary/aromatic N) is 2. The number of methoxy groups -OCH3 is 1. The summed E-state index contributed by atoms with van der Waals surface area (Å²) >= 11 is 6.17. The molecule has 2 heterocycles. The van der Waals surface area contributed by atoms with Crippen LogP contribution < -0.4 is 0 Å². The molecular weight excluding hydrogens is 360 g/mol. The molecule has 1 unspecified atom stereocenters. The second kappa shape index (κ2) is 7.25. The number of pyridine rings is 1. The quantitative estimate of drug-likeness (QED) is 0.473. The zero-order valence-corrected chi connectivity index (χ0v) is 15.4. The number of hydrogen-bond acceptors (Lipinski definition) is 3. The van der Waals surface area contributed by atoms with Gasteiger partial charge < -0.3 is 9.14 Å². The third-order valence-corrected chi connectivity index (χ3v) is 4.75. The van der Waals surface area contributed by atoms with E-state index < -0.39 is 5.92 Å². The van der Waals surface area contributed by atoms with Gasteiger partial charge in [0.15, 0.2) is 0 Å². The molecule has 4 rings (SSSR count). The van der Waals surface area contributed by atoms with Crippen LogP contribution >= 0.6 is 11.6 Å². The molecule has 0 N–H and O–H groups in total. The molecule has 134 valence electrons. The number of carbonyl (C=O) groups excluding carboxylic acids is 1. The van der Waals surface area contributed by atoms with Gasteiger partial charge in [0.05, 0.1) is 18.5 Å². The van der Waals surface area contributed by atoms with Crippen molar-refractivity contribution in [1.29, 1.82) is 0 Å². The maximum atomic E-state index is 12.8. The molecule has 0 fully saturated rings. The highest BCUT2D eigenvalue weighted by Gasteiger charge is 2.30. The first-order valence-corrected chi connectivity index (χ1v) is 8.92. The number of imidazole rings is 1. The Hall–Kier alpha value is -3.11. The monoisotopic (exact) mass is 376 g/mol. The number of rotatable bonds is 4. The van der Waals surface area contributed by atoms with Crippen molar-refractivity contribution >= 4 is 23.2 Å².